The van der Waals surface area contributed by atoms with Gasteiger partial charge in [0.2, 0.25) is 12.5 Å². The quantitative estimate of drug-likeness (QED) is 0.839. The Morgan fingerprint density at radius 3 is 2.92 bits per heavy atom. The number of Topliss-reactive ketones (excluding diaryl/α,β-unsaturated/α-hetero) is 1. The molecular weight excluding hydrogens is 330 g/mol. The Morgan fingerprint density at radius 2 is 2.19 bits per heavy atom. The molecule has 0 saturated carbocycles. The molecule has 0 bridgehead atoms. The second-order valence-electron chi connectivity index (χ2n) is 7.81. The molecule has 1 unspecified atom stereocenters. The third kappa shape index (κ3) is 2.98. The Kier molecular flexibility index (Phi) is 4.65. The highest BCUT2D eigenvalue weighted by Crippen LogP contribution is 2.48. The van der Waals surface area contributed by atoms with Gasteiger partial charge in [-0.3, -0.25) is 4.79 Å². The van der Waals surface area contributed by atoms with Crippen molar-refractivity contribution >= 4 is 5.78 Å². The number of likely N-dealkylation sites (N-methyl/N-ethyl adjacent to an activating group) is 1. The van der Waals surface area contributed by atoms with Gasteiger partial charge in [-0.05, 0) is 37.8 Å². The highest BCUT2D eigenvalue weighted by atomic mass is 16.7. The number of methoxy groups -OCH3 is 1. The molecule has 1 aromatic carbocycles. The van der Waals surface area contributed by atoms with E-state index in [9.17, 15) is 4.79 Å². The Hall–Kier alpha value is -2.01. The molecule has 5 nitrogen and oxygen atoms in total. The van der Waals surface area contributed by atoms with E-state index in [0.717, 1.165) is 49.3 Å². The maximum absolute atomic E-state index is 13.0. The fourth-order valence-corrected chi connectivity index (χ4v) is 4.52. The van der Waals surface area contributed by atoms with Crippen LogP contribution in [0.15, 0.2) is 17.7 Å². The van der Waals surface area contributed by atoms with Gasteiger partial charge in [-0.15, -0.1) is 0 Å². The number of nitrogens with one attached hydrogen (secondary N) is 1. The average Bonchev–Trinajstić information content (AvgIpc) is 3.11. The second kappa shape index (κ2) is 6.95. The molecule has 5 heteroatoms. The first kappa shape index (κ1) is 17.4. The maximum atomic E-state index is 13.0. The first-order valence-electron chi connectivity index (χ1n) is 9.58. The average molecular weight is 358 g/mol. The number of benzene rings is 1. The largest absolute Gasteiger partial charge is 0.492 e. The number of rotatable bonds is 4. The minimum Gasteiger partial charge on any atom is -0.492 e. The van der Waals surface area contributed by atoms with E-state index in [1.165, 1.54) is 16.0 Å². The summed E-state index contributed by atoms with van der Waals surface area (Å²) in [5, 5.41) is 0. The number of ether oxygens (including phenoxy) is 3. The third-order valence-electron chi connectivity index (χ3n) is 6.18. The van der Waals surface area contributed by atoms with Gasteiger partial charge in [0.25, 0.3) is 0 Å². The lowest BCUT2D eigenvalue weighted by Crippen LogP contribution is -3.10. The summed E-state index contributed by atoms with van der Waals surface area (Å²) in [5.41, 5.74) is 3.78. The Balaban J connectivity index is 1.64. The van der Waals surface area contributed by atoms with Crippen molar-refractivity contribution in [1.82, 2.24) is 0 Å². The van der Waals surface area contributed by atoms with Gasteiger partial charge in [-0.25, -0.2) is 0 Å². The zero-order valence-corrected chi connectivity index (χ0v) is 15.9. The number of carbonyl (C=O) groups is 1. The highest BCUT2D eigenvalue weighted by molar-refractivity contribution is 5.82. The zero-order chi connectivity index (χ0) is 18.3. The summed E-state index contributed by atoms with van der Waals surface area (Å²) in [4.78, 5) is 14.4. The lowest BCUT2D eigenvalue weighted by molar-refractivity contribution is -0.914. The van der Waals surface area contributed by atoms with Crippen molar-refractivity contribution in [3.05, 3.63) is 28.8 Å². The fourth-order valence-electron chi connectivity index (χ4n) is 4.52. The van der Waals surface area contributed by atoms with Crippen LogP contribution in [0.3, 0.4) is 0 Å². The van der Waals surface area contributed by atoms with Crippen LogP contribution >= 0.6 is 0 Å². The van der Waals surface area contributed by atoms with E-state index in [1.807, 2.05) is 0 Å². The predicted molar refractivity (Wildman–Crippen MR) is 98.0 cm³/mol. The van der Waals surface area contributed by atoms with Gasteiger partial charge < -0.3 is 19.1 Å². The van der Waals surface area contributed by atoms with Crippen LogP contribution in [0, 0.1) is 5.92 Å². The molecule has 1 aromatic rings. The number of hydrogen-bond acceptors (Lipinski definition) is 4. The Labute approximate surface area is 154 Å². The van der Waals surface area contributed by atoms with Crippen LogP contribution in [0.4, 0.5) is 0 Å². The van der Waals surface area contributed by atoms with Crippen molar-refractivity contribution < 1.29 is 23.9 Å². The number of hydrogen-bond donors (Lipinski definition) is 1. The molecule has 3 atom stereocenters. The van der Waals surface area contributed by atoms with Crippen LogP contribution in [-0.4, -0.2) is 33.3 Å². The van der Waals surface area contributed by atoms with Crippen molar-refractivity contribution in [1.29, 1.82) is 0 Å². The van der Waals surface area contributed by atoms with Gasteiger partial charge in [0.1, 0.15) is 11.8 Å². The van der Waals surface area contributed by atoms with Gasteiger partial charge in [-0.1, -0.05) is 11.6 Å². The van der Waals surface area contributed by atoms with Crippen LogP contribution in [0.1, 0.15) is 49.8 Å². The van der Waals surface area contributed by atoms with Crippen molar-refractivity contribution in [2.75, 3.05) is 27.5 Å². The van der Waals surface area contributed by atoms with Crippen molar-refractivity contribution in [3.8, 4) is 17.2 Å². The molecule has 0 spiro atoms. The summed E-state index contributed by atoms with van der Waals surface area (Å²) in [6.07, 6.45) is 6.68. The standard InChI is InChI=1S/C21H27NO4/c1-13-4-6-14(7-5-13)17(23)11-16-19-15(8-9-22(16)2)10-18-20(21(19)24-3)26-12-25-18/h4,10,14,16H,5-9,11-12H2,1-3H3/p+1/t14-,16-/m0/s1. The second-order valence-corrected chi connectivity index (χ2v) is 7.81. The number of ketones is 1. The normalized spacial score (nSPS) is 26.9. The molecule has 2 aliphatic heterocycles. The van der Waals surface area contributed by atoms with E-state index in [0.29, 0.717) is 18.0 Å². The lowest BCUT2D eigenvalue weighted by Gasteiger charge is -2.33. The van der Waals surface area contributed by atoms with Crippen molar-refractivity contribution in [2.45, 2.75) is 45.1 Å². The van der Waals surface area contributed by atoms with E-state index in [1.54, 1.807) is 7.11 Å². The first-order chi connectivity index (χ1) is 12.6. The van der Waals surface area contributed by atoms with E-state index >= 15 is 0 Å². The number of quaternary nitrogens is 1. The van der Waals surface area contributed by atoms with Gasteiger partial charge in [0.15, 0.2) is 11.5 Å². The lowest BCUT2D eigenvalue weighted by atomic mass is 9.82. The number of carbonyl (C=O) groups excluding carboxylic acids is 1. The molecule has 1 aliphatic carbocycles. The van der Waals surface area contributed by atoms with Gasteiger partial charge in [0, 0.05) is 12.3 Å². The molecule has 0 amide bonds. The van der Waals surface area contributed by atoms with Crippen LogP contribution in [0.2, 0.25) is 0 Å². The van der Waals surface area contributed by atoms with Crippen LogP contribution in [0.25, 0.3) is 0 Å². The summed E-state index contributed by atoms with van der Waals surface area (Å²) in [6, 6.07) is 2.19. The fraction of sp³-hybridized carbons (Fsp3) is 0.571. The van der Waals surface area contributed by atoms with Crippen LogP contribution < -0.4 is 19.1 Å². The smallest absolute Gasteiger partial charge is 0.231 e. The summed E-state index contributed by atoms with van der Waals surface area (Å²) in [6.45, 7) is 3.40. The molecule has 140 valence electrons. The van der Waals surface area contributed by atoms with Gasteiger partial charge >= 0.3 is 0 Å². The Bertz CT molecular complexity index is 755. The summed E-state index contributed by atoms with van der Waals surface area (Å²) >= 11 is 0. The summed E-state index contributed by atoms with van der Waals surface area (Å²) in [5.74, 6) is 2.75. The van der Waals surface area contributed by atoms with Crippen molar-refractivity contribution in [3.63, 3.8) is 0 Å². The maximum Gasteiger partial charge on any atom is 0.231 e. The summed E-state index contributed by atoms with van der Waals surface area (Å²) < 4.78 is 17.0. The minimum absolute atomic E-state index is 0.114. The molecule has 1 N–H and O–H groups in total. The SMILES string of the molecule is COc1c2c(cc3c1[C@H](CC(=O)[C@H]1CC=C(C)CC1)[NH+](C)CC3)OCO2. The monoisotopic (exact) mass is 358 g/mol. The van der Waals surface area contributed by atoms with E-state index in [-0.39, 0.29) is 18.8 Å². The van der Waals surface area contributed by atoms with Crippen molar-refractivity contribution in [2.24, 2.45) is 5.92 Å². The van der Waals surface area contributed by atoms with Crippen LogP contribution in [-0.2, 0) is 11.2 Å². The third-order valence-corrected chi connectivity index (χ3v) is 6.18. The molecule has 0 radical (unpaired) electrons. The van der Waals surface area contributed by atoms with Gasteiger partial charge in [-0.2, -0.15) is 0 Å². The van der Waals surface area contributed by atoms with E-state index in [4.69, 9.17) is 14.2 Å². The summed E-state index contributed by atoms with van der Waals surface area (Å²) in [7, 11) is 3.85. The predicted octanol–water partition coefficient (Wildman–Crippen LogP) is 2.24. The molecule has 26 heavy (non-hydrogen) atoms. The molecule has 4 rings (SSSR count). The number of allylic oxidation sites excluding steroid dienone is 2. The van der Waals surface area contributed by atoms with E-state index in [2.05, 4.69) is 26.1 Å². The minimum atomic E-state index is 0.114. The van der Waals surface area contributed by atoms with E-state index < -0.39 is 0 Å². The molecule has 3 aliphatic rings. The topological polar surface area (TPSA) is 49.2 Å². The molecule has 2 heterocycles. The van der Waals surface area contributed by atoms with Crippen LogP contribution in [0.5, 0.6) is 17.2 Å². The molecule has 0 aromatic heterocycles. The van der Waals surface area contributed by atoms with Gasteiger partial charge in [0.05, 0.1) is 32.7 Å². The molecular formula is C21H28NO4+. The zero-order valence-electron chi connectivity index (χ0n) is 15.9. The number of fused-ring (bicyclic) bond motifs is 2. The Morgan fingerprint density at radius 1 is 1.35 bits per heavy atom. The molecule has 0 fully saturated rings. The first-order valence-corrected chi connectivity index (χ1v) is 9.58. The highest BCUT2D eigenvalue weighted by Gasteiger charge is 2.38. The molecule has 0 saturated heterocycles.